The molecule has 13 heteroatoms. The number of carbonyl (C=O) groups excluding carboxylic acids is 2. The van der Waals surface area contributed by atoms with Gasteiger partial charge < -0.3 is 36.5 Å². The molecule has 208 valence electrons. The van der Waals surface area contributed by atoms with Crippen LogP contribution in [0.15, 0.2) is 53.6 Å². The number of amides is 1. The highest BCUT2D eigenvalue weighted by Crippen LogP contribution is 2.39. The Morgan fingerprint density at radius 3 is 2.56 bits per heavy atom. The summed E-state index contributed by atoms with van der Waals surface area (Å²) in [6.45, 7) is 5.02. The number of benzene rings is 2. The van der Waals surface area contributed by atoms with Crippen LogP contribution in [0.3, 0.4) is 0 Å². The van der Waals surface area contributed by atoms with Gasteiger partial charge in [0.25, 0.3) is 5.69 Å². The van der Waals surface area contributed by atoms with Gasteiger partial charge in [0.1, 0.15) is 24.3 Å². The van der Waals surface area contributed by atoms with Gasteiger partial charge in [0.15, 0.2) is 11.4 Å². The fourth-order valence-electron chi connectivity index (χ4n) is 3.63. The van der Waals surface area contributed by atoms with Gasteiger partial charge in [0, 0.05) is 36.8 Å². The number of carbonyl (C=O) groups is 2. The summed E-state index contributed by atoms with van der Waals surface area (Å²) in [7, 11) is 3.28. The number of hydrogen-bond donors (Lipinski definition) is 4. The molecule has 0 fully saturated rings. The third kappa shape index (κ3) is 8.38. The summed E-state index contributed by atoms with van der Waals surface area (Å²) in [5, 5.41) is 17.8. The van der Waals surface area contributed by atoms with Crippen LogP contribution in [0.2, 0.25) is 0 Å². The van der Waals surface area contributed by atoms with Crippen molar-refractivity contribution < 1.29 is 24.0 Å². The Bertz CT molecular complexity index is 1250. The number of methoxy groups -OCH3 is 1. The molecule has 39 heavy (non-hydrogen) atoms. The molecule has 0 atom stereocenters. The zero-order valence-electron chi connectivity index (χ0n) is 21.9. The van der Waals surface area contributed by atoms with E-state index in [9.17, 15) is 19.7 Å². The smallest absolute Gasteiger partial charge is 0.296 e. The number of nitro benzene ring substituents is 1. The zero-order chi connectivity index (χ0) is 28.8. The van der Waals surface area contributed by atoms with E-state index in [4.69, 9.17) is 20.9 Å². The molecule has 0 spiro atoms. The molecule has 2 rings (SSSR count). The van der Waals surface area contributed by atoms with Crippen molar-refractivity contribution in [1.29, 1.82) is 0 Å². The SMILES string of the molecule is C=Nc1cc(C=O)cc(OC)c1N(C/C=C/CNc1c(OC/C=C/CN)cc(C(N)=O)cc1[N+](=O)[O-])CNC. The predicted molar refractivity (Wildman–Crippen MR) is 152 cm³/mol. The van der Waals surface area contributed by atoms with Gasteiger partial charge >= 0.3 is 0 Å². The summed E-state index contributed by atoms with van der Waals surface area (Å²) in [5.41, 5.74) is 12.0. The molecule has 0 heterocycles. The number of ether oxygens (including phenoxy) is 2. The summed E-state index contributed by atoms with van der Waals surface area (Å²) in [5.74, 6) is -0.257. The maximum absolute atomic E-state index is 11.7. The standard InChI is InChI=1S/C26H33N7O6/c1-29-17-32(25-20(30-2)12-18(16-34)13-23(25)38-3)10-6-5-9-31-24-21(33(36)37)14-19(26(28)35)15-22(24)39-11-7-4-8-27/h4-7,12-16,29,31H,2,8-11,17,27H2,1,3H3,(H2,28,35)/b6-5+,7-4+. The molecule has 0 saturated carbocycles. The number of nitrogens with two attached hydrogens (primary N) is 2. The van der Waals surface area contributed by atoms with Gasteiger partial charge in [-0.3, -0.25) is 24.7 Å². The Morgan fingerprint density at radius 1 is 1.21 bits per heavy atom. The zero-order valence-corrected chi connectivity index (χ0v) is 21.9. The number of nitrogens with zero attached hydrogens (tertiary/aromatic N) is 3. The van der Waals surface area contributed by atoms with Crippen LogP contribution in [0.1, 0.15) is 20.7 Å². The van der Waals surface area contributed by atoms with Gasteiger partial charge in [0.2, 0.25) is 5.91 Å². The topological polar surface area (TPSA) is 187 Å². The Morgan fingerprint density at radius 2 is 1.97 bits per heavy atom. The van der Waals surface area contributed by atoms with Crippen LogP contribution in [-0.4, -0.2) is 70.9 Å². The second-order valence-electron chi connectivity index (χ2n) is 7.96. The molecule has 2 aromatic carbocycles. The molecule has 6 N–H and O–H groups in total. The van der Waals surface area contributed by atoms with E-state index in [-0.39, 0.29) is 35.8 Å². The fourth-order valence-corrected chi connectivity index (χ4v) is 3.63. The van der Waals surface area contributed by atoms with Crippen LogP contribution in [0.4, 0.5) is 22.7 Å². The van der Waals surface area contributed by atoms with Crippen molar-refractivity contribution in [3.8, 4) is 11.5 Å². The summed E-state index contributed by atoms with van der Waals surface area (Å²) in [6, 6.07) is 5.69. The van der Waals surface area contributed by atoms with Crippen LogP contribution >= 0.6 is 0 Å². The van der Waals surface area contributed by atoms with Crippen LogP contribution < -0.4 is 36.5 Å². The number of nitrogens with one attached hydrogen (secondary N) is 2. The normalized spacial score (nSPS) is 10.9. The molecule has 2 aromatic rings. The van der Waals surface area contributed by atoms with Gasteiger partial charge in [-0.15, -0.1) is 0 Å². The molecule has 0 saturated heterocycles. The molecular weight excluding hydrogens is 506 g/mol. The molecule has 0 bridgehead atoms. The second kappa shape index (κ2) is 15.5. The van der Waals surface area contributed by atoms with Crippen molar-refractivity contribution in [3.63, 3.8) is 0 Å². The number of nitro groups is 1. The molecule has 1 amide bonds. The van der Waals surface area contributed by atoms with Gasteiger partial charge in [-0.05, 0) is 32.0 Å². The van der Waals surface area contributed by atoms with E-state index >= 15 is 0 Å². The first kappa shape index (κ1) is 30.5. The van der Waals surface area contributed by atoms with Crippen LogP contribution in [0, 0.1) is 10.1 Å². The average molecular weight is 540 g/mol. The van der Waals surface area contributed by atoms with E-state index < -0.39 is 10.8 Å². The Hall–Kier alpha value is -4.75. The van der Waals surface area contributed by atoms with Gasteiger partial charge in [-0.1, -0.05) is 24.3 Å². The molecular formula is C26H33N7O6. The molecule has 13 nitrogen and oxygen atoms in total. The summed E-state index contributed by atoms with van der Waals surface area (Å²) in [4.78, 5) is 40.1. The maximum atomic E-state index is 11.7. The van der Waals surface area contributed by atoms with Crippen molar-refractivity contribution in [2.75, 3.05) is 57.3 Å². The molecule has 0 aliphatic heterocycles. The lowest BCUT2D eigenvalue weighted by Crippen LogP contribution is -2.33. The lowest BCUT2D eigenvalue weighted by molar-refractivity contribution is -0.384. The highest BCUT2D eigenvalue weighted by molar-refractivity contribution is 5.95. The average Bonchev–Trinajstić information content (AvgIpc) is 2.93. The number of aldehydes is 1. The van der Waals surface area contributed by atoms with E-state index in [1.54, 1.807) is 37.4 Å². The number of anilines is 2. The fraction of sp³-hybridized carbons (Fsp3) is 0.269. The summed E-state index contributed by atoms with van der Waals surface area (Å²) < 4.78 is 11.2. The molecule has 0 aromatic heterocycles. The minimum atomic E-state index is -0.818. The highest BCUT2D eigenvalue weighted by atomic mass is 16.6. The lowest BCUT2D eigenvalue weighted by atomic mass is 10.1. The molecule has 0 radical (unpaired) electrons. The Balaban J connectivity index is 2.29. The van der Waals surface area contributed by atoms with Gasteiger partial charge in [-0.2, -0.15) is 0 Å². The van der Waals surface area contributed by atoms with Crippen molar-refractivity contribution in [1.82, 2.24) is 5.32 Å². The van der Waals surface area contributed by atoms with E-state index in [0.717, 1.165) is 6.07 Å². The number of hydrogen-bond acceptors (Lipinski definition) is 11. The first-order valence-corrected chi connectivity index (χ1v) is 11.8. The predicted octanol–water partition coefficient (Wildman–Crippen LogP) is 2.39. The number of primary amides is 1. The summed E-state index contributed by atoms with van der Waals surface area (Å²) >= 11 is 0. The quantitative estimate of drug-likeness (QED) is 0.0580. The largest absolute Gasteiger partial charge is 0.494 e. The monoisotopic (exact) mass is 539 g/mol. The van der Waals surface area contributed by atoms with Crippen LogP contribution in [0.5, 0.6) is 11.5 Å². The van der Waals surface area contributed by atoms with Crippen molar-refractivity contribution in [3.05, 3.63) is 69.8 Å². The molecule has 0 aliphatic carbocycles. The third-order valence-electron chi connectivity index (χ3n) is 5.36. The van der Waals surface area contributed by atoms with Gasteiger partial charge in [0.05, 0.1) is 24.4 Å². The van der Waals surface area contributed by atoms with Crippen LogP contribution in [-0.2, 0) is 0 Å². The highest BCUT2D eigenvalue weighted by Gasteiger charge is 2.22. The van der Waals surface area contributed by atoms with Crippen molar-refractivity contribution >= 4 is 41.7 Å². The molecule has 0 aliphatic rings. The van der Waals surface area contributed by atoms with Crippen molar-refractivity contribution in [2.24, 2.45) is 16.5 Å². The van der Waals surface area contributed by atoms with E-state index in [0.29, 0.717) is 48.7 Å². The second-order valence-corrected chi connectivity index (χ2v) is 7.96. The minimum Gasteiger partial charge on any atom is -0.494 e. The van der Waals surface area contributed by atoms with Crippen molar-refractivity contribution in [2.45, 2.75) is 0 Å². The van der Waals surface area contributed by atoms with E-state index in [2.05, 4.69) is 22.3 Å². The third-order valence-corrected chi connectivity index (χ3v) is 5.36. The molecule has 0 unspecified atom stereocenters. The first-order chi connectivity index (χ1) is 18.8. The Labute approximate surface area is 226 Å². The maximum Gasteiger partial charge on any atom is 0.296 e. The van der Waals surface area contributed by atoms with E-state index in [1.165, 1.54) is 13.2 Å². The van der Waals surface area contributed by atoms with Crippen LogP contribution in [0.25, 0.3) is 0 Å². The van der Waals surface area contributed by atoms with Gasteiger partial charge in [-0.25, -0.2) is 0 Å². The summed E-state index contributed by atoms with van der Waals surface area (Å²) in [6.07, 6.45) is 7.66. The number of rotatable bonds is 17. The van der Waals surface area contributed by atoms with E-state index in [1.807, 2.05) is 11.0 Å². The number of aliphatic imine (C=N–C) groups is 1. The Kier molecular flexibility index (Phi) is 12.1. The first-order valence-electron chi connectivity index (χ1n) is 11.8. The minimum absolute atomic E-state index is 0.0514. The lowest BCUT2D eigenvalue weighted by Gasteiger charge is -2.26.